The van der Waals surface area contributed by atoms with E-state index < -0.39 is 0 Å². The van der Waals surface area contributed by atoms with Crippen LogP contribution in [-0.4, -0.2) is 35.0 Å². The molecule has 3 rings (SSSR count). The van der Waals surface area contributed by atoms with Crippen LogP contribution in [0, 0.1) is 0 Å². The highest BCUT2D eigenvalue weighted by Crippen LogP contribution is 2.27. The Morgan fingerprint density at radius 1 is 1.53 bits per heavy atom. The highest BCUT2D eigenvalue weighted by molar-refractivity contribution is 6.35. The van der Waals surface area contributed by atoms with Gasteiger partial charge in [-0.1, -0.05) is 11.6 Å². The molecule has 0 aromatic carbocycles. The molecule has 2 N–H and O–H groups in total. The van der Waals surface area contributed by atoms with Crippen molar-refractivity contribution in [3.8, 4) is 0 Å². The number of anilines is 1. The van der Waals surface area contributed by atoms with Crippen molar-refractivity contribution < 1.29 is 4.79 Å². The summed E-state index contributed by atoms with van der Waals surface area (Å²) >= 11 is 6.27. The number of H-pyrrole nitrogens is 1. The van der Waals surface area contributed by atoms with Crippen molar-refractivity contribution in [2.75, 3.05) is 18.0 Å². The third-order valence-electron chi connectivity index (χ3n) is 3.47. The number of aromatic amines is 1. The van der Waals surface area contributed by atoms with Gasteiger partial charge >= 0.3 is 0 Å². The third-order valence-corrected chi connectivity index (χ3v) is 3.78. The van der Waals surface area contributed by atoms with Crippen molar-refractivity contribution in [2.45, 2.75) is 19.4 Å². The maximum atomic E-state index is 11.5. The topological polar surface area (TPSA) is 61.0 Å². The summed E-state index contributed by atoms with van der Waals surface area (Å²) in [5.41, 5.74) is 0.776. The van der Waals surface area contributed by atoms with E-state index in [0.29, 0.717) is 24.5 Å². The molecule has 1 atom stereocenters. The number of aromatic nitrogens is 2. The second-order valence-corrected chi connectivity index (χ2v) is 5.21. The van der Waals surface area contributed by atoms with Gasteiger partial charge in [0, 0.05) is 43.2 Å². The van der Waals surface area contributed by atoms with E-state index in [1.54, 1.807) is 0 Å². The number of carbonyl (C=O) groups is 1. The summed E-state index contributed by atoms with van der Waals surface area (Å²) in [6.45, 7) is 3.35. The van der Waals surface area contributed by atoms with Crippen LogP contribution in [0.5, 0.6) is 0 Å². The third kappa shape index (κ3) is 2.26. The molecular weight excluding hydrogens is 264 g/mol. The Bertz CT molecular complexity index is 624. The van der Waals surface area contributed by atoms with Gasteiger partial charge in [-0.05, 0) is 13.0 Å². The number of carbonyl (C=O) groups excluding carboxylic acids is 1. The van der Waals surface area contributed by atoms with Crippen LogP contribution in [0.25, 0.3) is 11.0 Å². The zero-order valence-corrected chi connectivity index (χ0v) is 11.4. The van der Waals surface area contributed by atoms with Gasteiger partial charge in [-0.3, -0.25) is 4.79 Å². The molecule has 1 aliphatic rings. The number of amides is 1. The Kier molecular flexibility index (Phi) is 3.06. The van der Waals surface area contributed by atoms with E-state index in [4.69, 9.17) is 11.6 Å². The van der Waals surface area contributed by atoms with Crippen LogP contribution in [0.4, 0.5) is 5.82 Å². The van der Waals surface area contributed by atoms with Gasteiger partial charge in [0.1, 0.15) is 11.5 Å². The Morgan fingerprint density at radius 3 is 3.21 bits per heavy atom. The number of pyridine rings is 1. The molecule has 5 nitrogen and oxygen atoms in total. The summed E-state index contributed by atoms with van der Waals surface area (Å²) in [6.07, 6.45) is 2.30. The van der Waals surface area contributed by atoms with E-state index in [-0.39, 0.29) is 11.9 Å². The normalized spacial score (nSPS) is 20.4. The number of hydrogen-bond donors (Lipinski definition) is 2. The minimum Gasteiger partial charge on any atom is -0.354 e. The van der Waals surface area contributed by atoms with Crippen molar-refractivity contribution in [1.29, 1.82) is 0 Å². The maximum absolute atomic E-state index is 11.5. The number of hydrogen-bond acceptors (Lipinski definition) is 3. The fraction of sp³-hybridized carbons (Fsp3) is 0.385. The molecule has 0 saturated carbocycles. The van der Waals surface area contributed by atoms with Crippen LogP contribution in [-0.2, 0) is 4.79 Å². The molecule has 1 fully saturated rings. The molecule has 0 radical (unpaired) electrons. The largest absolute Gasteiger partial charge is 0.354 e. The lowest BCUT2D eigenvalue weighted by Gasteiger charge is -2.27. The number of nitrogens with zero attached hydrogens (tertiary/aromatic N) is 2. The van der Waals surface area contributed by atoms with Gasteiger partial charge in [-0.15, -0.1) is 0 Å². The fourth-order valence-electron chi connectivity index (χ4n) is 2.37. The quantitative estimate of drug-likeness (QED) is 0.838. The van der Waals surface area contributed by atoms with E-state index in [1.165, 1.54) is 0 Å². The van der Waals surface area contributed by atoms with E-state index >= 15 is 0 Å². The molecule has 0 spiro atoms. The fourth-order valence-corrected chi connectivity index (χ4v) is 2.62. The lowest BCUT2D eigenvalue weighted by Crippen LogP contribution is -2.38. The molecule has 0 unspecified atom stereocenters. The number of nitrogens with one attached hydrogen (secondary N) is 2. The molecule has 1 saturated heterocycles. The van der Waals surface area contributed by atoms with E-state index in [9.17, 15) is 4.79 Å². The van der Waals surface area contributed by atoms with Gasteiger partial charge in [-0.25, -0.2) is 4.98 Å². The monoisotopic (exact) mass is 278 g/mol. The standard InChI is InChI=1S/C13H15ClN4O/c1-8-7-16-12(19)3-5-18(8)11-6-10(14)9-2-4-15-13(9)17-11/h2,4,6,8H,3,5,7H2,1H3,(H,15,17)(H,16,19)/t8-/m1/s1. The summed E-state index contributed by atoms with van der Waals surface area (Å²) in [4.78, 5) is 21.2. The van der Waals surface area contributed by atoms with Crippen molar-refractivity contribution in [3.05, 3.63) is 23.4 Å². The minimum atomic E-state index is 0.0846. The van der Waals surface area contributed by atoms with Crippen LogP contribution < -0.4 is 10.2 Å². The van der Waals surface area contributed by atoms with Crippen LogP contribution >= 0.6 is 11.6 Å². The molecule has 19 heavy (non-hydrogen) atoms. The van der Waals surface area contributed by atoms with Crippen LogP contribution in [0.3, 0.4) is 0 Å². The molecule has 2 aromatic rings. The zero-order valence-electron chi connectivity index (χ0n) is 10.6. The van der Waals surface area contributed by atoms with E-state index in [0.717, 1.165) is 16.9 Å². The molecular formula is C13H15ClN4O. The Labute approximate surface area is 116 Å². The predicted molar refractivity (Wildman–Crippen MR) is 75.5 cm³/mol. The SMILES string of the molecule is C[C@@H]1CNC(=O)CCN1c1cc(Cl)c2cc[nH]c2n1. The van der Waals surface area contributed by atoms with Crippen LogP contribution in [0.15, 0.2) is 18.3 Å². The lowest BCUT2D eigenvalue weighted by molar-refractivity contribution is -0.120. The first-order valence-corrected chi connectivity index (χ1v) is 6.70. The zero-order chi connectivity index (χ0) is 13.4. The minimum absolute atomic E-state index is 0.0846. The second kappa shape index (κ2) is 4.74. The Morgan fingerprint density at radius 2 is 2.37 bits per heavy atom. The number of fused-ring (bicyclic) bond motifs is 1. The van der Waals surface area contributed by atoms with Crippen molar-refractivity contribution >= 4 is 34.4 Å². The predicted octanol–water partition coefficient (Wildman–Crippen LogP) is 1.93. The highest BCUT2D eigenvalue weighted by atomic mass is 35.5. The van der Waals surface area contributed by atoms with Crippen molar-refractivity contribution in [2.24, 2.45) is 0 Å². The molecule has 0 bridgehead atoms. The summed E-state index contributed by atoms with van der Waals surface area (Å²) in [5, 5.41) is 4.49. The van der Waals surface area contributed by atoms with Gasteiger partial charge in [0.05, 0.1) is 5.02 Å². The van der Waals surface area contributed by atoms with Gasteiger partial charge in [0.25, 0.3) is 0 Å². The molecule has 0 aliphatic carbocycles. The van der Waals surface area contributed by atoms with Gasteiger partial charge in [0.15, 0.2) is 0 Å². The first-order chi connectivity index (χ1) is 9.15. The van der Waals surface area contributed by atoms with Crippen LogP contribution in [0.1, 0.15) is 13.3 Å². The summed E-state index contributed by atoms with van der Waals surface area (Å²) in [5.74, 6) is 0.894. The maximum Gasteiger partial charge on any atom is 0.221 e. The average molecular weight is 279 g/mol. The Balaban J connectivity index is 2.00. The summed E-state index contributed by atoms with van der Waals surface area (Å²) in [7, 11) is 0. The highest BCUT2D eigenvalue weighted by Gasteiger charge is 2.22. The average Bonchev–Trinajstić information content (AvgIpc) is 2.79. The van der Waals surface area contributed by atoms with Crippen molar-refractivity contribution in [3.63, 3.8) is 0 Å². The lowest BCUT2D eigenvalue weighted by atomic mass is 10.2. The van der Waals surface area contributed by atoms with Gasteiger partial charge < -0.3 is 15.2 Å². The van der Waals surface area contributed by atoms with E-state index in [2.05, 4.69) is 27.1 Å². The number of halogens is 1. The van der Waals surface area contributed by atoms with Gasteiger partial charge in [-0.2, -0.15) is 0 Å². The summed E-state index contributed by atoms with van der Waals surface area (Å²) < 4.78 is 0. The van der Waals surface area contributed by atoms with Gasteiger partial charge in [0.2, 0.25) is 5.91 Å². The number of rotatable bonds is 1. The van der Waals surface area contributed by atoms with Crippen molar-refractivity contribution in [1.82, 2.24) is 15.3 Å². The second-order valence-electron chi connectivity index (χ2n) is 4.80. The molecule has 100 valence electrons. The first kappa shape index (κ1) is 12.3. The Hall–Kier alpha value is -1.75. The molecule has 1 amide bonds. The first-order valence-electron chi connectivity index (χ1n) is 6.32. The molecule has 3 heterocycles. The van der Waals surface area contributed by atoms with E-state index in [1.807, 2.05) is 18.3 Å². The molecule has 6 heteroatoms. The van der Waals surface area contributed by atoms with Crippen LogP contribution in [0.2, 0.25) is 5.02 Å². The smallest absolute Gasteiger partial charge is 0.221 e. The summed E-state index contributed by atoms with van der Waals surface area (Å²) in [6, 6.07) is 3.97. The molecule has 2 aromatic heterocycles. The molecule has 1 aliphatic heterocycles.